The second-order valence-corrected chi connectivity index (χ2v) is 2.34. The number of anilines is 1. The summed E-state index contributed by atoms with van der Waals surface area (Å²) in [6.07, 6.45) is -4.05. The van der Waals surface area contributed by atoms with E-state index >= 15 is 0 Å². The van der Waals surface area contributed by atoms with Gasteiger partial charge in [0.25, 0.3) is 0 Å². The number of carbonyl (C=O) groups is 1. The van der Waals surface area contributed by atoms with Crippen molar-refractivity contribution in [1.29, 1.82) is 0 Å². The minimum Gasteiger partial charge on any atom is -0.329 e. The highest BCUT2D eigenvalue weighted by atomic mass is 19.4. The molecule has 1 aromatic rings. The molecule has 0 fully saturated rings. The third kappa shape index (κ3) is 2.47. The van der Waals surface area contributed by atoms with Crippen LogP contribution in [0.3, 0.4) is 0 Å². The van der Waals surface area contributed by atoms with Gasteiger partial charge < -0.3 is 5.32 Å². The van der Waals surface area contributed by atoms with E-state index < -0.39 is 11.7 Å². The van der Waals surface area contributed by atoms with Gasteiger partial charge in [-0.25, -0.2) is 0 Å². The second kappa shape index (κ2) is 3.47. The van der Waals surface area contributed by atoms with E-state index in [4.69, 9.17) is 0 Å². The Morgan fingerprint density at radius 3 is 2.54 bits per heavy atom. The minimum atomic E-state index is -4.37. The lowest BCUT2D eigenvalue weighted by molar-refractivity contribution is -0.137. The van der Waals surface area contributed by atoms with E-state index in [9.17, 15) is 18.0 Å². The normalized spacial score (nSPS) is 11.0. The summed E-state index contributed by atoms with van der Waals surface area (Å²) in [6.45, 7) is 0. The van der Waals surface area contributed by atoms with E-state index in [0.29, 0.717) is 6.41 Å². The molecule has 0 bridgehead atoms. The van der Waals surface area contributed by atoms with Crippen molar-refractivity contribution in [2.75, 3.05) is 5.32 Å². The van der Waals surface area contributed by atoms with Crippen molar-refractivity contribution in [2.24, 2.45) is 0 Å². The zero-order valence-corrected chi connectivity index (χ0v) is 6.43. The summed E-state index contributed by atoms with van der Waals surface area (Å²) >= 11 is 0. The maximum Gasteiger partial charge on any atom is 0.416 e. The molecule has 0 aliphatic carbocycles. The molecule has 0 atom stereocenters. The highest BCUT2D eigenvalue weighted by Crippen LogP contribution is 2.30. The first-order valence-corrected chi connectivity index (χ1v) is 3.41. The van der Waals surface area contributed by atoms with E-state index in [1.54, 1.807) is 0 Å². The molecule has 0 saturated heterocycles. The number of hydrogen-bond donors (Lipinski definition) is 1. The van der Waals surface area contributed by atoms with E-state index in [-0.39, 0.29) is 5.69 Å². The molecule has 0 aromatic heterocycles. The maximum absolute atomic E-state index is 12.1. The van der Waals surface area contributed by atoms with Gasteiger partial charge in [-0.2, -0.15) is 13.2 Å². The molecule has 13 heavy (non-hydrogen) atoms. The molecule has 0 radical (unpaired) electrons. The van der Waals surface area contributed by atoms with Gasteiger partial charge in [0.2, 0.25) is 6.41 Å². The Bertz CT molecular complexity index is 309. The van der Waals surface area contributed by atoms with Crippen molar-refractivity contribution in [3.8, 4) is 0 Å². The predicted molar refractivity (Wildman–Crippen MR) is 41.1 cm³/mol. The molecule has 1 rings (SSSR count). The smallest absolute Gasteiger partial charge is 0.329 e. The fourth-order valence-corrected chi connectivity index (χ4v) is 0.853. The molecule has 0 heterocycles. The average Bonchev–Trinajstić information content (AvgIpc) is 2.04. The summed E-state index contributed by atoms with van der Waals surface area (Å²) in [5, 5.41) is 2.14. The number of alkyl halides is 3. The third-order valence-electron chi connectivity index (χ3n) is 1.42. The molecular formula is C8H6F3NO. The maximum atomic E-state index is 12.1. The van der Waals surface area contributed by atoms with Gasteiger partial charge in [-0.05, 0) is 18.2 Å². The number of halogens is 3. The van der Waals surface area contributed by atoms with Gasteiger partial charge in [0.1, 0.15) is 0 Å². The molecule has 70 valence electrons. The summed E-state index contributed by atoms with van der Waals surface area (Å²) in [4.78, 5) is 9.94. The standard InChI is InChI=1S/C8H6F3NO/c9-8(10,11)6-2-1-3-7(4-6)12-5-13/h1-5H,(H,12,13). The van der Waals surface area contributed by atoms with E-state index in [2.05, 4.69) is 5.32 Å². The van der Waals surface area contributed by atoms with Crippen LogP contribution in [0.1, 0.15) is 5.56 Å². The molecule has 0 unspecified atom stereocenters. The Labute approximate surface area is 72.4 Å². The minimum absolute atomic E-state index is 0.129. The molecule has 1 aromatic carbocycles. The number of carbonyl (C=O) groups excluding carboxylic acids is 1. The highest BCUT2D eigenvalue weighted by molar-refractivity contribution is 5.71. The van der Waals surface area contributed by atoms with Crippen LogP contribution in [0.5, 0.6) is 0 Å². The van der Waals surface area contributed by atoms with Gasteiger partial charge >= 0.3 is 6.18 Å². The zero-order chi connectivity index (χ0) is 9.90. The molecule has 1 N–H and O–H groups in total. The summed E-state index contributed by atoms with van der Waals surface area (Å²) in [5.74, 6) is 0. The van der Waals surface area contributed by atoms with Crippen LogP contribution in [-0.2, 0) is 11.0 Å². The molecule has 1 amide bonds. The number of benzene rings is 1. The van der Waals surface area contributed by atoms with Crippen molar-refractivity contribution in [3.05, 3.63) is 29.8 Å². The second-order valence-electron chi connectivity index (χ2n) is 2.34. The fraction of sp³-hybridized carbons (Fsp3) is 0.125. The van der Waals surface area contributed by atoms with Crippen LogP contribution in [0.4, 0.5) is 18.9 Å². The fourth-order valence-electron chi connectivity index (χ4n) is 0.853. The van der Waals surface area contributed by atoms with Crippen molar-refractivity contribution in [2.45, 2.75) is 6.18 Å². The van der Waals surface area contributed by atoms with Gasteiger partial charge in [-0.15, -0.1) is 0 Å². The predicted octanol–water partition coefficient (Wildman–Crippen LogP) is 2.27. The molecule has 2 nitrogen and oxygen atoms in total. The number of rotatable bonds is 2. The number of amides is 1. The van der Waals surface area contributed by atoms with Crippen molar-refractivity contribution in [3.63, 3.8) is 0 Å². The molecule has 0 aliphatic heterocycles. The average molecular weight is 189 g/mol. The highest BCUT2D eigenvalue weighted by Gasteiger charge is 2.30. The van der Waals surface area contributed by atoms with Crippen LogP contribution in [0.25, 0.3) is 0 Å². The topological polar surface area (TPSA) is 29.1 Å². The Morgan fingerprint density at radius 2 is 2.00 bits per heavy atom. The van der Waals surface area contributed by atoms with Crippen LogP contribution in [-0.4, -0.2) is 6.41 Å². The molecular weight excluding hydrogens is 183 g/mol. The number of hydrogen-bond acceptors (Lipinski definition) is 1. The monoisotopic (exact) mass is 189 g/mol. The summed E-state index contributed by atoms with van der Waals surface area (Å²) < 4.78 is 36.3. The summed E-state index contributed by atoms with van der Waals surface area (Å²) in [5.41, 5.74) is -0.649. The van der Waals surface area contributed by atoms with Gasteiger partial charge in [-0.1, -0.05) is 6.07 Å². The SMILES string of the molecule is O=CNc1cccc(C(F)(F)F)c1. The van der Waals surface area contributed by atoms with Crippen molar-refractivity contribution in [1.82, 2.24) is 0 Å². The lowest BCUT2D eigenvalue weighted by atomic mass is 10.2. The lowest BCUT2D eigenvalue weighted by Gasteiger charge is -2.07. The Morgan fingerprint density at radius 1 is 1.31 bits per heavy atom. The molecule has 0 spiro atoms. The number of nitrogens with one attached hydrogen (secondary N) is 1. The van der Waals surface area contributed by atoms with Crippen LogP contribution in [0.2, 0.25) is 0 Å². The van der Waals surface area contributed by atoms with Gasteiger partial charge in [0.15, 0.2) is 0 Å². The van der Waals surface area contributed by atoms with E-state index in [1.165, 1.54) is 12.1 Å². The first-order valence-electron chi connectivity index (χ1n) is 3.41. The molecule has 0 aliphatic rings. The van der Waals surface area contributed by atoms with Crippen LogP contribution < -0.4 is 5.32 Å². The van der Waals surface area contributed by atoms with Crippen LogP contribution in [0.15, 0.2) is 24.3 Å². The van der Waals surface area contributed by atoms with Crippen LogP contribution in [0, 0.1) is 0 Å². The van der Waals surface area contributed by atoms with Crippen molar-refractivity contribution < 1.29 is 18.0 Å². The van der Waals surface area contributed by atoms with Crippen molar-refractivity contribution >= 4 is 12.1 Å². The molecule has 0 saturated carbocycles. The third-order valence-corrected chi connectivity index (χ3v) is 1.42. The van der Waals surface area contributed by atoms with Crippen LogP contribution >= 0.6 is 0 Å². The lowest BCUT2D eigenvalue weighted by Crippen LogP contribution is -2.05. The zero-order valence-electron chi connectivity index (χ0n) is 6.43. The first-order chi connectivity index (χ1) is 6.04. The van der Waals surface area contributed by atoms with Gasteiger partial charge in [-0.3, -0.25) is 4.79 Å². The van der Waals surface area contributed by atoms with E-state index in [1.807, 2.05) is 0 Å². The van der Waals surface area contributed by atoms with E-state index in [0.717, 1.165) is 12.1 Å². The Hall–Kier alpha value is -1.52. The Balaban J connectivity index is 2.98. The quantitative estimate of drug-likeness (QED) is 0.710. The van der Waals surface area contributed by atoms with Gasteiger partial charge in [0, 0.05) is 5.69 Å². The van der Waals surface area contributed by atoms with Gasteiger partial charge in [0.05, 0.1) is 5.56 Å². The first kappa shape index (κ1) is 9.57. The Kier molecular flexibility index (Phi) is 2.55. The summed E-state index contributed by atoms with van der Waals surface area (Å²) in [7, 11) is 0. The largest absolute Gasteiger partial charge is 0.416 e. The summed E-state index contributed by atoms with van der Waals surface area (Å²) in [6, 6.07) is 4.42. The molecule has 5 heteroatoms.